The van der Waals surface area contributed by atoms with Crippen LogP contribution in [-0.4, -0.2) is 22.0 Å². The maximum atomic E-state index is 4.75. The van der Waals surface area contributed by atoms with Crippen LogP contribution in [0.1, 0.15) is 28.2 Å². The number of rotatable bonds is 3. The fourth-order valence-electron chi connectivity index (χ4n) is 3.19. The Morgan fingerprint density at radius 2 is 2.00 bits per heavy atom. The minimum atomic E-state index is 0.832. The summed E-state index contributed by atoms with van der Waals surface area (Å²) < 4.78 is 0. The van der Waals surface area contributed by atoms with Gasteiger partial charge in [0.05, 0.1) is 5.39 Å². The Kier molecular flexibility index (Phi) is 3.30. The lowest BCUT2D eigenvalue weighted by Gasteiger charge is -2.20. The van der Waals surface area contributed by atoms with Crippen LogP contribution in [0.15, 0.2) is 24.5 Å². The second-order valence-electron chi connectivity index (χ2n) is 5.84. The van der Waals surface area contributed by atoms with Gasteiger partial charge in [0.2, 0.25) is 0 Å². The molecule has 0 unspecified atom stereocenters. The number of hydrogen-bond donors (Lipinski definition) is 0. The van der Waals surface area contributed by atoms with Crippen LogP contribution in [0.3, 0.4) is 0 Å². The molecule has 0 spiro atoms. The number of nitrogens with zero attached hydrogens (tertiary/aromatic N) is 4. The lowest BCUT2D eigenvalue weighted by molar-refractivity contribution is 0.885. The summed E-state index contributed by atoms with van der Waals surface area (Å²) in [5, 5.41) is 1.28. The molecule has 0 fully saturated rings. The van der Waals surface area contributed by atoms with Crippen LogP contribution >= 0.6 is 11.3 Å². The van der Waals surface area contributed by atoms with Gasteiger partial charge < -0.3 is 4.90 Å². The minimum absolute atomic E-state index is 0.832. The van der Waals surface area contributed by atoms with Crippen molar-refractivity contribution < 1.29 is 0 Å². The standard InChI is InChI=1S/C17H18N4S/c1-11-19-16(21(2)10-12-6-8-18-9-7-12)15-13-4-3-5-14(13)22-17(15)20-11/h6-9H,3-5,10H2,1-2H3. The van der Waals surface area contributed by atoms with Gasteiger partial charge in [-0.2, -0.15) is 0 Å². The topological polar surface area (TPSA) is 41.9 Å². The molecule has 0 radical (unpaired) electrons. The number of thiophene rings is 1. The smallest absolute Gasteiger partial charge is 0.141 e. The predicted octanol–water partition coefficient (Wildman–Crippen LogP) is 3.52. The van der Waals surface area contributed by atoms with E-state index in [0.29, 0.717) is 0 Å². The molecule has 3 aromatic rings. The molecule has 0 aromatic carbocycles. The summed E-state index contributed by atoms with van der Waals surface area (Å²) in [5.41, 5.74) is 2.73. The van der Waals surface area contributed by atoms with Crippen LogP contribution in [0.4, 0.5) is 5.82 Å². The Hall–Kier alpha value is -2.01. The van der Waals surface area contributed by atoms with Gasteiger partial charge in [-0.1, -0.05) is 0 Å². The van der Waals surface area contributed by atoms with E-state index in [1.165, 1.54) is 34.2 Å². The summed E-state index contributed by atoms with van der Waals surface area (Å²) in [6.45, 7) is 2.81. The van der Waals surface area contributed by atoms with Gasteiger partial charge >= 0.3 is 0 Å². The van der Waals surface area contributed by atoms with Gasteiger partial charge in [-0.05, 0) is 49.4 Å². The first kappa shape index (κ1) is 13.6. The molecule has 0 amide bonds. The van der Waals surface area contributed by atoms with Crippen molar-refractivity contribution in [3.05, 3.63) is 46.4 Å². The molecule has 0 aliphatic heterocycles. The monoisotopic (exact) mass is 310 g/mol. The fraction of sp³-hybridized carbons (Fsp3) is 0.353. The Morgan fingerprint density at radius 1 is 1.18 bits per heavy atom. The van der Waals surface area contributed by atoms with Gasteiger partial charge in [-0.25, -0.2) is 9.97 Å². The number of aryl methyl sites for hydroxylation is 3. The Labute approximate surface area is 133 Å². The number of anilines is 1. The minimum Gasteiger partial charge on any atom is -0.355 e. The highest BCUT2D eigenvalue weighted by atomic mass is 32.1. The molecule has 112 valence electrons. The summed E-state index contributed by atoms with van der Waals surface area (Å²) >= 11 is 1.85. The van der Waals surface area contributed by atoms with Crippen molar-refractivity contribution in [3.8, 4) is 0 Å². The van der Waals surface area contributed by atoms with Crippen molar-refractivity contribution >= 4 is 27.4 Å². The number of aromatic nitrogens is 3. The molecule has 1 aliphatic carbocycles. The van der Waals surface area contributed by atoms with Crippen molar-refractivity contribution in [1.29, 1.82) is 0 Å². The van der Waals surface area contributed by atoms with Crippen molar-refractivity contribution in [2.75, 3.05) is 11.9 Å². The van der Waals surface area contributed by atoms with Crippen molar-refractivity contribution in [1.82, 2.24) is 15.0 Å². The second-order valence-corrected chi connectivity index (χ2v) is 6.93. The van der Waals surface area contributed by atoms with Crippen LogP contribution in [-0.2, 0) is 19.4 Å². The van der Waals surface area contributed by atoms with E-state index in [2.05, 4.69) is 34.0 Å². The molecule has 4 rings (SSSR count). The van der Waals surface area contributed by atoms with Crippen molar-refractivity contribution in [2.45, 2.75) is 32.7 Å². The molecule has 1 aliphatic rings. The fourth-order valence-corrected chi connectivity index (χ4v) is 4.49. The highest BCUT2D eigenvalue weighted by Crippen LogP contribution is 2.40. The SMILES string of the molecule is Cc1nc(N(C)Cc2ccncc2)c2c3c(sc2n1)CCC3. The number of hydrogen-bond acceptors (Lipinski definition) is 5. The summed E-state index contributed by atoms with van der Waals surface area (Å²) in [4.78, 5) is 18.4. The van der Waals surface area contributed by atoms with Crippen LogP contribution in [0, 0.1) is 6.92 Å². The maximum absolute atomic E-state index is 4.75. The van der Waals surface area contributed by atoms with Gasteiger partial charge in [0, 0.05) is 30.9 Å². The van der Waals surface area contributed by atoms with Gasteiger partial charge in [-0.15, -0.1) is 11.3 Å². The molecule has 22 heavy (non-hydrogen) atoms. The summed E-state index contributed by atoms with van der Waals surface area (Å²) in [7, 11) is 2.11. The molecule has 0 saturated heterocycles. The van der Waals surface area contributed by atoms with E-state index < -0.39 is 0 Å². The first-order valence-corrected chi connectivity index (χ1v) is 8.43. The van der Waals surface area contributed by atoms with Crippen LogP contribution < -0.4 is 4.90 Å². The summed E-state index contributed by atoms with van der Waals surface area (Å²) in [6, 6.07) is 4.11. The average molecular weight is 310 g/mol. The maximum Gasteiger partial charge on any atom is 0.141 e. The van der Waals surface area contributed by atoms with E-state index in [1.54, 1.807) is 0 Å². The Morgan fingerprint density at radius 3 is 2.82 bits per heavy atom. The second kappa shape index (κ2) is 5.32. The van der Waals surface area contributed by atoms with Crippen LogP contribution in [0.2, 0.25) is 0 Å². The van der Waals surface area contributed by atoms with E-state index in [9.17, 15) is 0 Å². The zero-order valence-electron chi connectivity index (χ0n) is 12.8. The highest BCUT2D eigenvalue weighted by Gasteiger charge is 2.23. The zero-order valence-corrected chi connectivity index (χ0v) is 13.7. The van der Waals surface area contributed by atoms with Gasteiger partial charge in [0.25, 0.3) is 0 Å². The van der Waals surface area contributed by atoms with E-state index in [-0.39, 0.29) is 0 Å². The molecule has 4 nitrogen and oxygen atoms in total. The molecule has 3 aromatic heterocycles. The van der Waals surface area contributed by atoms with Gasteiger partial charge in [0.1, 0.15) is 16.5 Å². The lowest BCUT2D eigenvalue weighted by atomic mass is 10.1. The molecule has 0 bridgehead atoms. The van der Waals surface area contributed by atoms with Crippen LogP contribution in [0.5, 0.6) is 0 Å². The predicted molar refractivity (Wildman–Crippen MR) is 90.5 cm³/mol. The third-order valence-electron chi connectivity index (χ3n) is 4.19. The van der Waals surface area contributed by atoms with Gasteiger partial charge in [-0.3, -0.25) is 4.98 Å². The Balaban J connectivity index is 1.80. The summed E-state index contributed by atoms with van der Waals surface area (Å²) in [5.74, 6) is 1.92. The lowest BCUT2D eigenvalue weighted by Crippen LogP contribution is -2.18. The van der Waals surface area contributed by atoms with E-state index in [0.717, 1.165) is 29.4 Å². The summed E-state index contributed by atoms with van der Waals surface area (Å²) in [6.07, 6.45) is 7.30. The van der Waals surface area contributed by atoms with Crippen LogP contribution in [0.25, 0.3) is 10.2 Å². The van der Waals surface area contributed by atoms with Crippen molar-refractivity contribution in [3.63, 3.8) is 0 Å². The third kappa shape index (κ3) is 2.25. The third-order valence-corrected chi connectivity index (χ3v) is 5.37. The quantitative estimate of drug-likeness (QED) is 0.742. The molecule has 0 saturated carbocycles. The molecular weight excluding hydrogens is 292 g/mol. The molecule has 0 N–H and O–H groups in total. The van der Waals surface area contributed by atoms with Crippen molar-refractivity contribution in [2.24, 2.45) is 0 Å². The number of fused-ring (bicyclic) bond motifs is 3. The molecular formula is C17H18N4S. The number of pyridine rings is 1. The largest absolute Gasteiger partial charge is 0.355 e. The van der Waals surface area contributed by atoms with E-state index >= 15 is 0 Å². The Bertz CT molecular complexity index is 826. The molecule has 5 heteroatoms. The molecule has 0 atom stereocenters. The van der Waals surface area contributed by atoms with Gasteiger partial charge in [0.15, 0.2) is 0 Å². The van der Waals surface area contributed by atoms with E-state index in [4.69, 9.17) is 4.98 Å². The first-order chi connectivity index (χ1) is 10.7. The van der Waals surface area contributed by atoms with E-state index in [1.807, 2.05) is 30.7 Å². The normalized spacial score (nSPS) is 13.5. The highest BCUT2D eigenvalue weighted by molar-refractivity contribution is 7.19. The first-order valence-electron chi connectivity index (χ1n) is 7.61. The molecule has 3 heterocycles. The average Bonchev–Trinajstić information content (AvgIpc) is 3.07. The zero-order chi connectivity index (χ0) is 15.1.